The number of hydrogen-bond donors (Lipinski definition) is 0. The number of hydrogen-bond acceptors (Lipinski definition) is 0. The molecule has 0 atom stereocenters. The van der Waals surface area contributed by atoms with Gasteiger partial charge in [0.15, 0.2) is 0 Å². The van der Waals surface area contributed by atoms with Crippen LogP contribution in [0, 0.1) is 0 Å². The second-order valence-corrected chi connectivity index (χ2v) is 9.12. The van der Waals surface area contributed by atoms with Gasteiger partial charge in [-0.2, -0.15) is 0 Å². The molecule has 26 valence electrons. The molecule has 0 aromatic heterocycles. The minimum Gasteiger partial charge on any atom is -0.132 e. The van der Waals surface area contributed by atoms with Gasteiger partial charge in [0.25, 0.3) is 0 Å². The molecule has 0 amide bonds. The van der Waals surface area contributed by atoms with E-state index in [0.717, 1.165) is 0 Å². The predicted molar refractivity (Wildman–Crippen MR) is 29.5 cm³/mol. The Kier molecular flexibility index (Phi) is 2.35. The van der Waals surface area contributed by atoms with Gasteiger partial charge in [-0.05, 0) is 0 Å². The van der Waals surface area contributed by atoms with Crippen molar-refractivity contribution in [1.82, 2.24) is 0 Å². The van der Waals surface area contributed by atoms with E-state index in [-0.39, 0.29) is 0 Å². The van der Waals surface area contributed by atoms with E-state index < -0.39 is 0 Å². The Labute approximate surface area is 37.4 Å². The van der Waals surface area contributed by atoms with Crippen molar-refractivity contribution in [2.45, 2.75) is 4.62 Å². The van der Waals surface area contributed by atoms with Gasteiger partial charge in [0.05, 0.1) is 0 Å². The summed E-state index contributed by atoms with van der Waals surface area (Å²) in [5, 5.41) is 0. The molecule has 0 saturated carbocycles. The second-order valence-electron chi connectivity index (χ2n) is 1.01. The fourth-order valence-electron chi connectivity index (χ4n) is 0. The summed E-state index contributed by atoms with van der Waals surface area (Å²) in [7, 11) is 2.35. The zero-order valence-corrected chi connectivity index (χ0v) is 7.71. The van der Waals surface area contributed by atoms with Crippen molar-refractivity contribution in [3.05, 3.63) is 0 Å². The highest BCUT2D eigenvalue weighted by Gasteiger charge is 1.72. The van der Waals surface area contributed by atoms with E-state index in [9.17, 15) is 0 Å². The Morgan fingerprint density at radius 2 is 1.50 bits per heavy atom. The molecule has 0 aromatic rings. The van der Waals surface area contributed by atoms with Crippen LogP contribution >= 0.6 is 11.6 Å². The Hall–Kier alpha value is 0.724. The molecule has 0 aliphatic rings. The molecule has 0 aromatic carbocycles. The summed E-state index contributed by atoms with van der Waals surface area (Å²) in [5.74, 6) is 0. The molecular weight excluding hydrogens is 104 g/mol. The number of halogens is 1. The summed E-state index contributed by atoms with van der Waals surface area (Å²) in [6, 6.07) is 0. The molecule has 0 spiro atoms. The third-order valence-electron chi connectivity index (χ3n) is 0. The first-order valence-electron chi connectivity index (χ1n) is 1.37. The third-order valence-corrected chi connectivity index (χ3v) is 0. The smallest absolute Gasteiger partial charge is 0.0206 e. The Morgan fingerprint density at radius 1 is 1.50 bits per heavy atom. The maximum atomic E-state index is 5.40. The molecule has 0 unspecified atom stereocenters. The standard InChI is InChI=1S/CH7ClSi2/c2-1(3)4/h1H,3-4H3. The van der Waals surface area contributed by atoms with Crippen LogP contribution in [0.25, 0.3) is 0 Å². The lowest BCUT2D eigenvalue weighted by Gasteiger charge is -1.75. The Balaban J connectivity index is 2.32. The topological polar surface area (TPSA) is 0 Å². The van der Waals surface area contributed by atoms with Gasteiger partial charge < -0.3 is 0 Å². The normalized spacial score (nSPS) is 17.2. The number of alkyl halides is 1. The van der Waals surface area contributed by atoms with Crippen LogP contribution in [0.5, 0.6) is 0 Å². The SMILES string of the molecule is [SiH3]C([SiH3])Cl. The van der Waals surface area contributed by atoms with Gasteiger partial charge in [-0.3, -0.25) is 0 Å². The van der Waals surface area contributed by atoms with E-state index in [2.05, 4.69) is 0 Å². The largest absolute Gasteiger partial charge is 0.132 e. The van der Waals surface area contributed by atoms with Gasteiger partial charge in [0.1, 0.15) is 0 Å². The van der Waals surface area contributed by atoms with Gasteiger partial charge in [-0.1, -0.05) is 0 Å². The van der Waals surface area contributed by atoms with Gasteiger partial charge in [0, 0.05) is 25.1 Å². The van der Waals surface area contributed by atoms with E-state index in [4.69, 9.17) is 11.6 Å². The van der Waals surface area contributed by atoms with Crippen LogP contribution in [0.3, 0.4) is 0 Å². The van der Waals surface area contributed by atoms with Crippen molar-refractivity contribution < 1.29 is 0 Å². The van der Waals surface area contributed by atoms with Crippen molar-refractivity contribution >= 4 is 32.1 Å². The molecule has 0 nitrogen and oxygen atoms in total. The van der Waals surface area contributed by atoms with E-state index >= 15 is 0 Å². The Morgan fingerprint density at radius 3 is 1.50 bits per heavy atom. The minimum absolute atomic E-state index is 0.583. The second kappa shape index (κ2) is 1.99. The highest BCUT2D eigenvalue weighted by molar-refractivity contribution is 6.57. The molecule has 0 fully saturated rings. The lowest BCUT2D eigenvalue weighted by atomic mass is 11.8. The summed E-state index contributed by atoms with van der Waals surface area (Å²) in [6.45, 7) is 0. The number of rotatable bonds is 0. The fraction of sp³-hybridized carbons (Fsp3) is 1.00. The van der Waals surface area contributed by atoms with Crippen molar-refractivity contribution in [3.63, 3.8) is 0 Å². The van der Waals surface area contributed by atoms with Crippen LogP contribution < -0.4 is 0 Å². The first-order valence-corrected chi connectivity index (χ1v) is 4.12. The van der Waals surface area contributed by atoms with Crippen LogP contribution in [0.2, 0.25) is 0 Å². The molecule has 0 N–H and O–H groups in total. The molecule has 0 bridgehead atoms. The third kappa shape index (κ3) is 15.5. The van der Waals surface area contributed by atoms with Crippen molar-refractivity contribution in [3.8, 4) is 0 Å². The van der Waals surface area contributed by atoms with Crippen molar-refractivity contribution in [1.29, 1.82) is 0 Å². The molecule has 3 heteroatoms. The molecule has 0 rings (SSSR count). The summed E-state index contributed by atoms with van der Waals surface area (Å²) >= 11 is 5.40. The Bertz CT molecular complexity index is 10.8. The average Bonchev–Trinajstić information content (AvgIpc) is 0.811. The molecule has 0 heterocycles. The monoisotopic (exact) mass is 110 g/mol. The molecule has 0 radical (unpaired) electrons. The highest BCUT2D eigenvalue weighted by atomic mass is 35.5. The molecule has 0 saturated heterocycles. The molecule has 0 aliphatic carbocycles. The van der Waals surface area contributed by atoms with Crippen LogP contribution in [0.1, 0.15) is 0 Å². The van der Waals surface area contributed by atoms with Gasteiger partial charge in [-0.25, -0.2) is 0 Å². The predicted octanol–water partition coefficient (Wildman–Crippen LogP) is -1.76. The molecule has 0 aliphatic heterocycles. The lowest BCUT2D eigenvalue weighted by molar-refractivity contribution is 1.95. The maximum Gasteiger partial charge on any atom is 0.0206 e. The zero-order valence-electron chi connectivity index (χ0n) is 2.96. The van der Waals surface area contributed by atoms with E-state index in [1.54, 1.807) is 0 Å². The van der Waals surface area contributed by atoms with Gasteiger partial charge in [0.2, 0.25) is 0 Å². The lowest BCUT2D eigenvalue weighted by Crippen LogP contribution is -1.90. The van der Waals surface area contributed by atoms with Gasteiger partial charge >= 0.3 is 0 Å². The first kappa shape index (κ1) is 4.72. The summed E-state index contributed by atoms with van der Waals surface area (Å²) in [6.07, 6.45) is 0. The van der Waals surface area contributed by atoms with Crippen molar-refractivity contribution in [2.24, 2.45) is 0 Å². The average molecular weight is 111 g/mol. The van der Waals surface area contributed by atoms with Gasteiger partial charge in [-0.15, -0.1) is 11.6 Å². The zero-order chi connectivity index (χ0) is 3.58. The van der Waals surface area contributed by atoms with E-state index in [1.807, 2.05) is 0 Å². The van der Waals surface area contributed by atoms with E-state index in [1.165, 1.54) is 20.5 Å². The summed E-state index contributed by atoms with van der Waals surface area (Å²) in [5.41, 5.74) is 0. The molecular formula is CH7ClSi2. The fourth-order valence-corrected chi connectivity index (χ4v) is 0. The highest BCUT2D eigenvalue weighted by Crippen LogP contribution is 1.72. The molecule has 4 heavy (non-hydrogen) atoms. The van der Waals surface area contributed by atoms with Crippen molar-refractivity contribution in [2.75, 3.05) is 0 Å². The minimum atomic E-state index is 0.583. The van der Waals surface area contributed by atoms with Crippen LogP contribution in [-0.4, -0.2) is 25.1 Å². The summed E-state index contributed by atoms with van der Waals surface area (Å²) < 4.78 is 0.583. The maximum absolute atomic E-state index is 5.40. The summed E-state index contributed by atoms with van der Waals surface area (Å²) in [4.78, 5) is 0. The van der Waals surface area contributed by atoms with Crippen LogP contribution in [0.4, 0.5) is 0 Å². The quantitative estimate of drug-likeness (QED) is 0.256. The van der Waals surface area contributed by atoms with Crippen LogP contribution in [-0.2, 0) is 0 Å². The van der Waals surface area contributed by atoms with Crippen LogP contribution in [0.15, 0.2) is 0 Å². The van der Waals surface area contributed by atoms with E-state index in [0.29, 0.717) is 4.62 Å². The first-order chi connectivity index (χ1) is 1.73.